The number of unbranched alkanes of at least 4 members (excludes halogenated alkanes) is 7. The number of hydrogen-bond donors (Lipinski definition) is 5. The van der Waals surface area contributed by atoms with Crippen LogP contribution in [0.1, 0.15) is 71.1 Å². The second kappa shape index (κ2) is 14.5. The zero-order valence-corrected chi connectivity index (χ0v) is 15.2. The molecule has 5 N–H and O–H groups in total. The van der Waals surface area contributed by atoms with E-state index in [0.29, 0.717) is 12.8 Å². The van der Waals surface area contributed by atoms with E-state index in [1.54, 1.807) is 0 Å². The van der Waals surface area contributed by atoms with Gasteiger partial charge in [0.05, 0.1) is 12.7 Å². The second-order valence-electron chi connectivity index (χ2n) is 6.18. The Hall–Kier alpha value is 0.500. The number of aliphatic hydroxyl groups excluding tert-OH is 2. The van der Waals surface area contributed by atoms with Crippen molar-refractivity contribution in [3.05, 3.63) is 0 Å². The average molecular weight is 394 g/mol. The fraction of sp³-hybridized carbons (Fsp3) is 0.933. The first-order chi connectivity index (χ1) is 11.1. The van der Waals surface area contributed by atoms with E-state index in [0.717, 1.165) is 19.3 Å². The van der Waals surface area contributed by atoms with Crippen molar-refractivity contribution in [2.75, 3.05) is 6.61 Å². The summed E-state index contributed by atoms with van der Waals surface area (Å²) in [6, 6.07) is 0. The van der Waals surface area contributed by atoms with Crippen LogP contribution < -0.4 is 0 Å². The molecule has 146 valence electrons. The Morgan fingerprint density at radius 1 is 1.08 bits per heavy atom. The van der Waals surface area contributed by atoms with Gasteiger partial charge in [-0.1, -0.05) is 58.3 Å². The number of phosphoric acid groups is 1. The van der Waals surface area contributed by atoms with Crippen molar-refractivity contribution in [2.45, 2.75) is 82.8 Å². The molecule has 0 heterocycles. The standard InChI is InChI=1S/C15H31O8P.Na.H/c1-2-3-4-5-6-7-8-9-10-13(17)11-15(19,12-16)14(18)23-24(20,21)22;;/h13,16-17,19H,2-12H2,1H3,(H2,20,21,22);;. The molecule has 2 unspecified atom stereocenters. The van der Waals surface area contributed by atoms with E-state index in [9.17, 15) is 19.6 Å². The van der Waals surface area contributed by atoms with Gasteiger partial charge in [-0.25, -0.2) is 9.36 Å². The normalized spacial score (nSPS) is 15.1. The van der Waals surface area contributed by atoms with Gasteiger partial charge in [-0.15, -0.1) is 0 Å². The van der Waals surface area contributed by atoms with Crippen LogP contribution in [-0.4, -0.2) is 78.9 Å². The molecule has 2 atom stereocenters. The molecule has 25 heavy (non-hydrogen) atoms. The van der Waals surface area contributed by atoms with Crippen molar-refractivity contribution >= 4 is 43.3 Å². The summed E-state index contributed by atoms with van der Waals surface area (Å²) in [5, 5.41) is 28.9. The summed E-state index contributed by atoms with van der Waals surface area (Å²) in [6.07, 6.45) is 7.34. The summed E-state index contributed by atoms with van der Waals surface area (Å²) >= 11 is 0. The van der Waals surface area contributed by atoms with E-state index in [1.807, 2.05) is 0 Å². The van der Waals surface area contributed by atoms with Gasteiger partial charge in [0.1, 0.15) is 0 Å². The molecule has 0 fully saturated rings. The number of hydrogen-bond acceptors (Lipinski definition) is 6. The van der Waals surface area contributed by atoms with Gasteiger partial charge >= 0.3 is 43.3 Å². The van der Waals surface area contributed by atoms with Crippen LogP contribution in [0, 0.1) is 0 Å². The van der Waals surface area contributed by atoms with E-state index < -0.39 is 38.5 Å². The van der Waals surface area contributed by atoms with Crippen LogP contribution >= 0.6 is 7.82 Å². The zero-order chi connectivity index (χ0) is 18.6. The molecule has 0 aliphatic rings. The van der Waals surface area contributed by atoms with Gasteiger partial charge in [0, 0.05) is 6.42 Å². The molecule has 10 heteroatoms. The topological polar surface area (TPSA) is 145 Å². The number of carbonyl (C=O) groups excluding carboxylic acids is 1. The third kappa shape index (κ3) is 14.3. The van der Waals surface area contributed by atoms with Crippen LogP contribution in [0.15, 0.2) is 0 Å². The molecule has 0 amide bonds. The third-order valence-corrected chi connectivity index (χ3v) is 4.21. The first kappa shape index (κ1) is 27.7. The van der Waals surface area contributed by atoms with E-state index in [1.165, 1.54) is 25.7 Å². The molecular weight excluding hydrogens is 362 g/mol. The SMILES string of the molecule is CCCCCCCCCCC(O)CC(O)(CO)C(=O)OP(=O)(O)O.[NaH]. The average Bonchev–Trinajstić information content (AvgIpc) is 2.48. The predicted molar refractivity (Wildman–Crippen MR) is 95.2 cm³/mol. The van der Waals surface area contributed by atoms with Gasteiger partial charge in [-0.2, -0.15) is 0 Å². The summed E-state index contributed by atoms with van der Waals surface area (Å²) in [5.74, 6) is -1.65. The fourth-order valence-electron chi connectivity index (χ4n) is 2.41. The van der Waals surface area contributed by atoms with Crippen molar-refractivity contribution in [3.63, 3.8) is 0 Å². The van der Waals surface area contributed by atoms with Gasteiger partial charge in [0.2, 0.25) is 0 Å². The Morgan fingerprint density at radius 3 is 2.00 bits per heavy atom. The molecule has 0 aromatic heterocycles. The van der Waals surface area contributed by atoms with Gasteiger partial charge < -0.3 is 19.8 Å². The summed E-state index contributed by atoms with van der Waals surface area (Å²) in [4.78, 5) is 28.7. The van der Waals surface area contributed by atoms with Crippen molar-refractivity contribution in [3.8, 4) is 0 Å². The Bertz CT molecular complexity index is 403. The first-order valence-electron chi connectivity index (χ1n) is 8.45. The van der Waals surface area contributed by atoms with E-state index in [2.05, 4.69) is 11.4 Å². The Kier molecular flexibility index (Phi) is 16.1. The molecular formula is C15H32NaO8P. The molecule has 0 aliphatic heterocycles. The monoisotopic (exact) mass is 394 g/mol. The Morgan fingerprint density at radius 2 is 1.56 bits per heavy atom. The van der Waals surface area contributed by atoms with Crippen LogP contribution in [0.4, 0.5) is 0 Å². The Labute approximate surface area is 171 Å². The molecule has 8 nitrogen and oxygen atoms in total. The maximum atomic E-state index is 11.5. The van der Waals surface area contributed by atoms with Crippen molar-refractivity contribution in [2.24, 2.45) is 0 Å². The summed E-state index contributed by atoms with van der Waals surface area (Å²) < 4.78 is 14.4. The molecule has 0 aliphatic carbocycles. The van der Waals surface area contributed by atoms with Crippen molar-refractivity contribution < 1.29 is 39.0 Å². The van der Waals surface area contributed by atoms with Gasteiger partial charge in [-0.05, 0) is 6.42 Å². The molecule has 0 radical (unpaired) electrons. The van der Waals surface area contributed by atoms with Gasteiger partial charge in [0.25, 0.3) is 0 Å². The Balaban J connectivity index is 0. The number of phosphoric ester groups is 1. The summed E-state index contributed by atoms with van der Waals surface area (Å²) in [6.45, 7) is 1.06. The molecule has 0 aromatic rings. The fourth-order valence-corrected chi connectivity index (χ4v) is 2.80. The van der Waals surface area contributed by atoms with Crippen molar-refractivity contribution in [1.82, 2.24) is 0 Å². The predicted octanol–water partition coefficient (Wildman–Crippen LogP) is 0.979. The van der Waals surface area contributed by atoms with Crippen LogP contribution in [0.5, 0.6) is 0 Å². The van der Waals surface area contributed by atoms with Crippen LogP contribution in [-0.2, 0) is 13.9 Å². The maximum absolute atomic E-state index is 11.5. The minimum absolute atomic E-state index is 0. The summed E-state index contributed by atoms with van der Waals surface area (Å²) in [7, 11) is -5.12. The molecule has 0 rings (SSSR count). The van der Waals surface area contributed by atoms with Crippen LogP contribution in [0.3, 0.4) is 0 Å². The van der Waals surface area contributed by atoms with E-state index >= 15 is 0 Å². The first-order valence-corrected chi connectivity index (χ1v) is 9.98. The summed E-state index contributed by atoms with van der Waals surface area (Å²) in [5.41, 5.74) is -2.53. The zero-order valence-electron chi connectivity index (χ0n) is 14.3. The second-order valence-corrected chi connectivity index (χ2v) is 7.34. The van der Waals surface area contributed by atoms with Crippen LogP contribution in [0.25, 0.3) is 0 Å². The quantitative estimate of drug-likeness (QED) is 0.167. The van der Waals surface area contributed by atoms with E-state index in [4.69, 9.17) is 14.9 Å². The molecule has 0 bridgehead atoms. The van der Waals surface area contributed by atoms with Gasteiger partial charge in [0.15, 0.2) is 5.60 Å². The van der Waals surface area contributed by atoms with Gasteiger partial charge in [-0.3, -0.25) is 9.79 Å². The number of rotatable bonds is 14. The van der Waals surface area contributed by atoms with Crippen molar-refractivity contribution in [1.29, 1.82) is 0 Å². The minimum atomic E-state index is -5.12. The molecule has 0 saturated heterocycles. The molecule has 0 spiro atoms. The molecule has 0 aromatic carbocycles. The number of aliphatic hydroxyl groups is 3. The number of carbonyl (C=O) groups is 1. The molecule has 0 saturated carbocycles. The van der Waals surface area contributed by atoms with E-state index in [-0.39, 0.29) is 29.6 Å². The van der Waals surface area contributed by atoms with Crippen LogP contribution in [0.2, 0.25) is 0 Å². The third-order valence-electron chi connectivity index (χ3n) is 3.81.